The molecule has 2 aromatic carbocycles. The van der Waals surface area contributed by atoms with Crippen molar-refractivity contribution in [3.63, 3.8) is 0 Å². The van der Waals surface area contributed by atoms with Crippen LogP contribution in [0.5, 0.6) is 5.75 Å². The van der Waals surface area contributed by atoms with Gasteiger partial charge in [0.05, 0.1) is 12.8 Å². The number of aryl methyl sites for hydroxylation is 2. The highest BCUT2D eigenvalue weighted by atomic mass is 16.5. The normalized spacial score (nSPS) is 10.1. The number of ether oxygens (including phenoxy) is 1. The topological polar surface area (TPSA) is 21.3 Å². The molecule has 0 unspecified atom stereocenters. The zero-order valence-electron chi connectivity index (χ0n) is 10.4. The lowest BCUT2D eigenvalue weighted by Gasteiger charge is -2.13. The van der Waals surface area contributed by atoms with Gasteiger partial charge in [0.25, 0.3) is 0 Å². The number of benzene rings is 2. The van der Waals surface area contributed by atoms with Gasteiger partial charge in [-0.2, -0.15) is 0 Å². The molecule has 0 aliphatic rings. The molecule has 2 rings (SSSR count). The van der Waals surface area contributed by atoms with Crippen LogP contribution in [0.3, 0.4) is 0 Å². The average molecular weight is 227 g/mol. The summed E-state index contributed by atoms with van der Waals surface area (Å²) in [6.45, 7) is 4.20. The fourth-order valence-electron chi connectivity index (χ4n) is 1.85. The molecule has 1 N–H and O–H groups in total. The second kappa shape index (κ2) is 4.91. The first-order valence-corrected chi connectivity index (χ1v) is 5.68. The maximum atomic E-state index is 5.32. The highest BCUT2D eigenvalue weighted by Crippen LogP contribution is 2.28. The molecule has 0 radical (unpaired) electrons. The number of rotatable bonds is 3. The van der Waals surface area contributed by atoms with Crippen LogP contribution in [0.4, 0.5) is 11.4 Å². The molecule has 17 heavy (non-hydrogen) atoms. The predicted octanol–water partition coefficient (Wildman–Crippen LogP) is 4.06. The van der Waals surface area contributed by atoms with E-state index in [0.29, 0.717) is 0 Å². The summed E-state index contributed by atoms with van der Waals surface area (Å²) < 4.78 is 5.32. The Morgan fingerprint density at radius 1 is 0.941 bits per heavy atom. The van der Waals surface area contributed by atoms with Crippen LogP contribution in [0.1, 0.15) is 11.1 Å². The van der Waals surface area contributed by atoms with E-state index < -0.39 is 0 Å². The van der Waals surface area contributed by atoms with Gasteiger partial charge >= 0.3 is 0 Å². The third kappa shape index (κ3) is 2.59. The summed E-state index contributed by atoms with van der Waals surface area (Å²) in [5, 5.41) is 3.39. The molecule has 0 aliphatic heterocycles. The third-order valence-corrected chi connectivity index (χ3v) is 2.76. The van der Waals surface area contributed by atoms with Gasteiger partial charge in [-0.1, -0.05) is 29.8 Å². The number of anilines is 2. The van der Waals surface area contributed by atoms with E-state index in [4.69, 9.17) is 4.74 Å². The van der Waals surface area contributed by atoms with Gasteiger partial charge in [-0.25, -0.2) is 0 Å². The number of hydrogen-bond acceptors (Lipinski definition) is 2. The second-order valence-electron chi connectivity index (χ2n) is 4.14. The first-order chi connectivity index (χ1) is 8.20. The molecule has 0 saturated carbocycles. The molecule has 0 spiro atoms. The van der Waals surface area contributed by atoms with Crippen molar-refractivity contribution in [2.45, 2.75) is 13.8 Å². The zero-order chi connectivity index (χ0) is 12.3. The summed E-state index contributed by atoms with van der Waals surface area (Å²) in [5.41, 5.74) is 4.60. The molecule has 2 aromatic rings. The lowest BCUT2D eigenvalue weighted by Crippen LogP contribution is -1.96. The van der Waals surface area contributed by atoms with Gasteiger partial charge in [0, 0.05) is 5.69 Å². The number of hydrogen-bond donors (Lipinski definition) is 1. The summed E-state index contributed by atoms with van der Waals surface area (Å²) >= 11 is 0. The van der Waals surface area contributed by atoms with Crippen LogP contribution in [-0.4, -0.2) is 7.11 Å². The molecule has 0 aliphatic carbocycles. The quantitative estimate of drug-likeness (QED) is 0.853. The van der Waals surface area contributed by atoms with Crippen LogP contribution >= 0.6 is 0 Å². The zero-order valence-corrected chi connectivity index (χ0v) is 10.4. The molecule has 0 amide bonds. The summed E-state index contributed by atoms with van der Waals surface area (Å²) in [7, 11) is 1.68. The van der Waals surface area contributed by atoms with Crippen molar-refractivity contribution in [2.75, 3.05) is 12.4 Å². The molecule has 0 aromatic heterocycles. The average Bonchev–Trinajstić information content (AvgIpc) is 2.33. The number of methoxy groups -OCH3 is 1. The summed E-state index contributed by atoms with van der Waals surface area (Å²) in [4.78, 5) is 0. The highest BCUT2D eigenvalue weighted by molar-refractivity contribution is 5.68. The van der Waals surface area contributed by atoms with Crippen molar-refractivity contribution in [3.8, 4) is 5.75 Å². The molecular weight excluding hydrogens is 210 g/mol. The van der Waals surface area contributed by atoms with E-state index in [1.165, 1.54) is 11.1 Å². The lowest BCUT2D eigenvalue weighted by molar-refractivity contribution is 0.417. The second-order valence-corrected chi connectivity index (χ2v) is 4.14. The fourth-order valence-corrected chi connectivity index (χ4v) is 1.85. The van der Waals surface area contributed by atoms with Crippen LogP contribution in [0.25, 0.3) is 0 Å². The van der Waals surface area contributed by atoms with Gasteiger partial charge in [0.1, 0.15) is 5.75 Å². The first kappa shape index (κ1) is 11.5. The van der Waals surface area contributed by atoms with E-state index in [9.17, 15) is 0 Å². The van der Waals surface area contributed by atoms with E-state index in [0.717, 1.165) is 17.1 Å². The van der Waals surface area contributed by atoms with E-state index in [1.54, 1.807) is 7.11 Å². The monoisotopic (exact) mass is 227 g/mol. The van der Waals surface area contributed by atoms with Crippen molar-refractivity contribution >= 4 is 11.4 Å². The van der Waals surface area contributed by atoms with Gasteiger partial charge < -0.3 is 10.1 Å². The standard InChI is InChI=1S/C15H17NO/c1-11-8-9-13(12(2)10-11)16-14-6-4-5-7-15(14)17-3/h4-10,16H,1-3H3. The molecule has 0 bridgehead atoms. The van der Waals surface area contributed by atoms with Gasteiger partial charge in [-0.05, 0) is 37.6 Å². The molecule has 0 atom stereocenters. The minimum Gasteiger partial charge on any atom is -0.495 e. The van der Waals surface area contributed by atoms with Crippen LogP contribution in [-0.2, 0) is 0 Å². The van der Waals surface area contributed by atoms with E-state index >= 15 is 0 Å². The van der Waals surface area contributed by atoms with Gasteiger partial charge in [-0.15, -0.1) is 0 Å². The third-order valence-electron chi connectivity index (χ3n) is 2.76. The SMILES string of the molecule is COc1ccccc1Nc1ccc(C)cc1C. The minimum absolute atomic E-state index is 0.854. The Morgan fingerprint density at radius 2 is 1.71 bits per heavy atom. The Labute approximate surface area is 102 Å². The molecule has 88 valence electrons. The van der Waals surface area contributed by atoms with Crippen molar-refractivity contribution in [1.29, 1.82) is 0 Å². The first-order valence-electron chi connectivity index (χ1n) is 5.68. The largest absolute Gasteiger partial charge is 0.495 e. The fraction of sp³-hybridized carbons (Fsp3) is 0.200. The van der Waals surface area contributed by atoms with Crippen molar-refractivity contribution in [1.82, 2.24) is 0 Å². The van der Waals surface area contributed by atoms with Gasteiger partial charge in [-0.3, -0.25) is 0 Å². The highest BCUT2D eigenvalue weighted by Gasteiger charge is 2.03. The van der Waals surface area contributed by atoms with E-state index in [1.807, 2.05) is 24.3 Å². The Hall–Kier alpha value is -1.96. The minimum atomic E-state index is 0.854. The van der Waals surface area contributed by atoms with Crippen LogP contribution < -0.4 is 10.1 Å². The van der Waals surface area contributed by atoms with Gasteiger partial charge in [0.15, 0.2) is 0 Å². The Morgan fingerprint density at radius 3 is 2.41 bits per heavy atom. The maximum absolute atomic E-state index is 5.32. The smallest absolute Gasteiger partial charge is 0.142 e. The molecule has 2 nitrogen and oxygen atoms in total. The number of nitrogens with one attached hydrogen (secondary N) is 1. The Bertz CT molecular complexity index is 520. The summed E-state index contributed by atoms with van der Waals surface area (Å²) in [6.07, 6.45) is 0. The lowest BCUT2D eigenvalue weighted by atomic mass is 10.1. The van der Waals surface area contributed by atoms with Crippen LogP contribution in [0, 0.1) is 13.8 Å². The molecular formula is C15H17NO. The van der Waals surface area contributed by atoms with Gasteiger partial charge in [0.2, 0.25) is 0 Å². The Balaban J connectivity index is 2.31. The maximum Gasteiger partial charge on any atom is 0.142 e. The summed E-state index contributed by atoms with van der Waals surface area (Å²) in [6, 6.07) is 14.3. The number of para-hydroxylation sites is 2. The summed E-state index contributed by atoms with van der Waals surface area (Å²) in [5.74, 6) is 0.854. The molecule has 2 heteroatoms. The molecule has 0 saturated heterocycles. The molecule has 0 heterocycles. The Kier molecular flexibility index (Phi) is 3.33. The van der Waals surface area contributed by atoms with Crippen molar-refractivity contribution in [3.05, 3.63) is 53.6 Å². The van der Waals surface area contributed by atoms with Crippen LogP contribution in [0.2, 0.25) is 0 Å². The molecule has 0 fully saturated rings. The van der Waals surface area contributed by atoms with Crippen molar-refractivity contribution in [2.24, 2.45) is 0 Å². The predicted molar refractivity (Wildman–Crippen MR) is 72.2 cm³/mol. The van der Waals surface area contributed by atoms with Crippen LogP contribution in [0.15, 0.2) is 42.5 Å². The van der Waals surface area contributed by atoms with Crippen molar-refractivity contribution < 1.29 is 4.74 Å². The van der Waals surface area contributed by atoms with E-state index in [2.05, 4.69) is 37.4 Å². The van der Waals surface area contributed by atoms with E-state index in [-0.39, 0.29) is 0 Å².